The second-order valence-electron chi connectivity index (χ2n) is 23.1. The normalized spacial score (nSPS) is 12.0. The quantitative estimate of drug-likeness (QED) is 0.141. The molecule has 0 aliphatic carbocycles. The summed E-state index contributed by atoms with van der Waals surface area (Å²) in [7, 11) is 0. The number of nitrogens with zero attached hydrogens (tertiary/aromatic N) is 2. The lowest BCUT2D eigenvalue weighted by Crippen LogP contribution is -1.94. The fourth-order valence-corrected chi connectivity index (χ4v) is 14.4. The molecule has 86 heavy (non-hydrogen) atoms. The highest BCUT2D eigenvalue weighted by atomic mass is 15.0. The molecule has 0 bridgehead atoms. The Bertz CT molecular complexity index is 5770. The second-order valence-corrected chi connectivity index (χ2v) is 23.1. The van der Waals surface area contributed by atoms with Crippen LogP contribution >= 0.6 is 0 Å². The second kappa shape index (κ2) is 19.1. The summed E-state index contributed by atoms with van der Waals surface area (Å²) >= 11 is 0. The Kier molecular flexibility index (Phi) is 10.7. The van der Waals surface area contributed by atoms with Crippen LogP contribution in [0.5, 0.6) is 0 Å². The minimum atomic E-state index is 1.13. The van der Waals surface area contributed by atoms with Gasteiger partial charge in [-0.2, -0.15) is 0 Å². The van der Waals surface area contributed by atoms with E-state index in [0.29, 0.717) is 0 Å². The number of rotatable bonds is 7. The highest BCUT2D eigenvalue weighted by Gasteiger charge is 2.18. The Morgan fingerprint density at radius 2 is 0.407 bits per heavy atom. The Hall–Kier alpha value is -11.3. The van der Waals surface area contributed by atoms with Crippen LogP contribution in [0.4, 0.5) is 0 Å². The average molecular weight is 1090 g/mol. The fraction of sp³-hybridized carbons (Fsp3) is 0. The van der Waals surface area contributed by atoms with Crippen molar-refractivity contribution in [3.8, 4) is 67.0 Å². The molecule has 2 heterocycles. The first-order valence-electron chi connectivity index (χ1n) is 29.8. The molecule has 2 aromatic heterocycles. The number of fused-ring (bicyclic) bond motifs is 18. The number of para-hydroxylation sites is 3. The van der Waals surface area contributed by atoms with Gasteiger partial charge in [0.25, 0.3) is 0 Å². The molecule has 398 valence electrons. The van der Waals surface area contributed by atoms with Crippen molar-refractivity contribution in [2.24, 2.45) is 0 Å². The third-order valence-corrected chi connectivity index (χ3v) is 18.5. The van der Waals surface area contributed by atoms with Gasteiger partial charge in [-0.15, -0.1) is 0 Å². The summed E-state index contributed by atoms with van der Waals surface area (Å²) in [6.07, 6.45) is 0. The molecule has 0 aliphatic rings. The van der Waals surface area contributed by atoms with Crippen molar-refractivity contribution in [3.05, 3.63) is 315 Å². The van der Waals surface area contributed by atoms with E-state index in [9.17, 15) is 0 Å². The summed E-state index contributed by atoms with van der Waals surface area (Å²) < 4.78 is 4.82. The van der Waals surface area contributed by atoms with Crippen LogP contribution in [0.25, 0.3) is 175 Å². The van der Waals surface area contributed by atoms with Crippen LogP contribution in [0.1, 0.15) is 0 Å². The predicted octanol–water partition coefficient (Wildman–Crippen LogP) is 23.1. The zero-order chi connectivity index (χ0) is 56.4. The third kappa shape index (κ3) is 7.53. The van der Waals surface area contributed by atoms with Gasteiger partial charge in [-0.25, -0.2) is 0 Å². The van der Waals surface area contributed by atoms with Crippen molar-refractivity contribution in [1.29, 1.82) is 0 Å². The summed E-state index contributed by atoms with van der Waals surface area (Å²) in [5.74, 6) is 0. The Morgan fingerprint density at radius 1 is 0.128 bits per heavy atom. The number of hydrogen-bond donors (Lipinski definition) is 0. The van der Waals surface area contributed by atoms with E-state index < -0.39 is 0 Å². The zero-order valence-corrected chi connectivity index (χ0v) is 46.9. The lowest BCUT2D eigenvalue weighted by molar-refractivity contribution is 1.18. The molecule has 0 spiro atoms. The maximum absolute atomic E-state index is 2.44. The Balaban J connectivity index is 0.679. The average Bonchev–Trinajstić information content (AvgIpc) is 1.56. The van der Waals surface area contributed by atoms with Crippen LogP contribution in [0.3, 0.4) is 0 Å². The van der Waals surface area contributed by atoms with Gasteiger partial charge < -0.3 is 9.13 Å². The molecule has 0 N–H and O–H groups in total. The van der Waals surface area contributed by atoms with Gasteiger partial charge in [-0.05, 0) is 205 Å². The number of benzene rings is 16. The minimum absolute atomic E-state index is 1.13. The van der Waals surface area contributed by atoms with E-state index in [-0.39, 0.29) is 0 Å². The van der Waals surface area contributed by atoms with Gasteiger partial charge in [-0.1, -0.05) is 231 Å². The maximum Gasteiger partial charge on any atom is 0.0547 e. The van der Waals surface area contributed by atoms with E-state index >= 15 is 0 Å². The summed E-state index contributed by atoms with van der Waals surface area (Å²) in [5, 5.41) is 20.3. The monoisotopic (exact) mass is 1090 g/mol. The standard InChI is InChI=1S/C84H52N2/c1-2-20-63(21-3-1)85-82-31-13-11-29-75(82)80-51-61(38-45-83(80)85)56-18-14-16-54(46-56)60-36-43-73-72-41-34-58(48-77(72)69-26-8-9-27-70(69)79(73)50-60)53-32-39-64(40-33-53)86-81-30-12-10-28-74(81)76-44-37-62(52-84(76)86)57-19-15-17-55(47-57)59-35-42-71-67-24-5-4-22-65(67)66-23-6-7-25-68(66)78(71)49-59/h1-52H. The molecule has 18 rings (SSSR count). The van der Waals surface area contributed by atoms with Gasteiger partial charge in [0, 0.05) is 32.9 Å². The number of aromatic nitrogens is 2. The van der Waals surface area contributed by atoms with Crippen molar-refractivity contribution in [2.75, 3.05) is 0 Å². The lowest BCUT2D eigenvalue weighted by atomic mass is 9.90. The van der Waals surface area contributed by atoms with Crippen molar-refractivity contribution in [3.63, 3.8) is 0 Å². The smallest absolute Gasteiger partial charge is 0.0547 e. The molecule has 0 aliphatic heterocycles. The van der Waals surface area contributed by atoms with Crippen LogP contribution in [0.15, 0.2) is 315 Å². The zero-order valence-electron chi connectivity index (χ0n) is 46.9. The summed E-state index contributed by atoms with van der Waals surface area (Å²) in [6.45, 7) is 0. The van der Waals surface area contributed by atoms with E-state index in [1.807, 2.05) is 0 Å². The molecular formula is C84H52N2. The highest BCUT2D eigenvalue weighted by Crippen LogP contribution is 2.43. The topological polar surface area (TPSA) is 9.86 Å². The summed E-state index contributed by atoms with van der Waals surface area (Å²) in [5.41, 5.74) is 19.1. The van der Waals surface area contributed by atoms with Crippen LogP contribution in [0.2, 0.25) is 0 Å². The Morgan fingerprint density at radius 3 is 0.884 bits per heavy atom. The molecule has 0 saturated heterocycles. The van der Waals surface area contributed by atoms with Gasteiger partial charge >= 0.3 is 0 Å². The first-order chi connectivity index (χ1) is 42.6. The van der Waals surface area contributed by atoms with E-state index in [4.69, 9.17) is 0 Å². The first-order valence-corrected chi connectivity index (χ1v) is 29.8. The maximum atomic E-state index is 2.44. The molecule has 2 nitrogen and oxygen atoms in total. The first kappa shape index (κ1) is 48.2. The minimum Gasteiger partial charge on any atom is -0.309 e. The molecule has 0 unspecified atom stereocenters. The molecule has 0 amide bonds. The van der Waals surface area contributed by atoms with Crippen molar-refractivity contribution >= 4 is 108 Å². The molecule has 0 atom stereocenters. The van der Waals surface area contributed by atoms with E-state index in [1.54, 1.807) is 0 Å². The lowest BCUT2D eigenvalue weighted by Gasteiger charge is -2.14. The van der Waals surface area contributed by atoms with E-state index in [0.717, 1.165) is 5.69 Å². The summed E-state index contributed by atoms with van der Waals surface area (Å²) in [4.78, 5) is 0. The fourth-order valence-electron chi connectivity index (χ4n) is 14.4. The number of hydrogen-bond acceptors (Lipinski definition) is 0. The molecule has 18 aromatic rings. The summed E-state index contributed by atoms with van der Waals surface area (Å²) in [6, 6.07) is 117. The molecule has 0 fully saturated rings. The third-order valence-electron chi connectivity index (χ3n) is 18.5. The van der Waals surface area contributed by atoms with Crippen molar-refractivity contribution in [2.45, 2.75) is 0 Å². The van der Waals surface area contributed by atoms with Gasteiger partial charge in [0.1, 0.15) is 0 Å². The van der Waals surface area contributed by atoms with Crippen LogP contribution in [0, 0.1) is 0 Å². The predicted molar refractivity (Wildman–Crippen MR) is 367 cm³/mol. The molecule has 0 radical (unpaired) electrons. The SMILES string of the molecule is c1ccc(-n2c3ccccc3c3cc(-c4cccc(-c5ccc6c7ccc(-c8ccc(-n9c%10ccccc%10c%10ccc(-c%11cccc(-c%12ccc%13c%14ccccc%14c%14ccccc%14c%13c%12)c%11)cc%109)cc8)cc7c7ccccc7c6c5)c4)ccc32)cc1. The van der Waals surface area contributed by atoms with Gasteiger partial charge in [-0.3, -0.25) is 0 Å². The van der Waals surface area contributed by atoms with E-state index in [1.165, 1.54) is 170 Å². The molecule has 0 saturated carbocycles. The molecule has 2 heteroatoms. The van der Waals surface area contributed by atoms with Gasteiger partial charge in [0.2, 0.25) is 0 Å². The molecule has 16 aromatic carbocycles. The highest BCUT2D eigenvalue weighted by molar-refractivity contribution is 6.27. The van der Waals surface area contributed by atoms with Gasteiger partial charge in [0.15, 0.2) is 0 Å². The van der Waals surface area contributed by atoms with Crippen molar-refractivity contribution < 1.29 is 0 Å². The largest absolute Gasteiger partial charge is 0.309 e. The van der Waals surface area contributed by atoms with Crippen LogP contribution in [-0.2, 0) is 0 Å². The van der Waals surface area contributed by atoms with Crippen molar-refractivity contribution in [1.82, 2.24) is 9.13 Å². The van der Waals surface area contributed by atoms with E-state index in [2.05, 4.69) is 325 Å². The van der Waals surface area contributed by atoms with Gasteiger partial charge in [0.05, 0.1) is 22.1 Å². The molecular weight excluding hydrogens is 1040 g/mol. The Labute approximate surface area is 496 Å². The van der Waals surface area contributed by atoms with Crippen LogP contribution < -0.4 is 0 Å². The van der Waals surface area contributed by atoms with Crippen LogP contribution in [-0.4, -0.2) is 9.13 Å².